The Morgan fingerprint density at radius 3 is 2.47 bits per heavy atom. The monoisotopic (exact) mass is 277 g/mol. The Labute approximate surface area is 118 Å². The molecule has 0 bridgehead atoms. The van der Waals surface area contributed by atoms with E-state index in [0.29, 0.717) is 6.04 Å². The highest BCUT2D eigenvalue weighted by molar-refractivity contribution is 7.12. The van der Waals surface area contributed by atoms with Gasteiger partial charge in [0.2, 0.25) is 0 Å². The molecule has 1 nitrogen and oxygen atoms in total. The molecule has 1 unspecified atom stereocenters. The number of hydrogen-bond donors (Lipinski definition) is 1. The summed E-state index contributed by atoms with van der Waals surface area (Å²) in [6, 6.07) is 9.38. The predicted molar refractivity (Wildman–Crippen MR) is 80.2 cm³/mol. The van der Waals surface area contributed by atoms with Crippen molar-refractivity contribution >= 4 is 11.3 Å². The molecule has 0 saturated heterocycles. The molecule has 1 atom stereocenters. The first-order valence-electron chi connectivity index (χ1n) is 6.58. The van der Waals surface area contributed by atoms with Gasteiger partial charge in [-0.05, 0) is 56.5 Å². The lowest BCUT2D eigenvalue weighted by Crippen LogP contribution is -2.27. The van der Waals surface area contributed by atoms with Crippen LogP contribution < -0.4 is 5.32 Å². The number of nitrogens with one attached hydrogen (secondary N) is 1. The van der Waals surface area contributed by atoms with Crippen LogP contribution >= 0.6 is 11.3 Å². The van der Waals surface area contributed by atoms with Crippen LogP contribution in [0.3, 0.4) is 0 Å². The summed E-state index contributed by atoms with van der Waals surface area (Å²) in [5.41, 5.74) is 2.55. The van der Waals surface area contributed by atoms with E-state index in [2.05, 4.69) is 32.2 Å². The molecule has 1 heterocycles. The summed E-state index contributed by atoms with van der Waals surface area (Å²) < 4.78 is 12.8. The molecule has 1 aromatic heterocycles. The van der Waals surface area contributed by atoms with Gasteiger partial charge in [0.25, 0.3) is 0 Å². The van der Waals surface area contributed by atoms with Gasteiger partial charge in [-0.1, -0.05) is 12.1 Å². The second kappa shape index (κ2) is 6.31. The first kappa shape index (κ1) is 14.2. The fourth-order valence-electron chi connectivity index (χ4n) is 2.19. The molecule has 0 aliphatic rings. The smallest absolute Gasteiger partial charge is 0.123 e. The summed E-state index contributed by atoms with van der Waals surface area (Å²) in [6.45, 7) is 7.37. The van der Waals surface area contributed by atoms with Crippen LogP contribution in [0.5, 0.6) is 0 Å². The Morgan fingerprint density at radius 1 is 1.21 bits per heavy atom. The molecular formula is C16H20FNS. The van der Waals surface area contributed by atoms with Gasteiger partial charge in [-0.15, -0.1) is 11.3 Å². The van der Waals surface area contributed by atoms with E-state index >= 15 is 0 Å². The van der Waals surface area contributed by atoms with E-state index in [1.54, 1.807) is 0 Å². The third kappa shape index (κ3) is 4.15. The summed E-state index contributed by atoms with van der Waals surface area (Å²) in [5, 5.41) is 3.53. The Hall–Kier alpha value is -1.19. The maximum Gasteiger partial charge on any atom is 0.123 e. The summed E-state index contributed by atoms with van der Waals surface area (Å²) >= 11 is 1.84. The van der Waals surface area contributed by atoms with Crippen LogP contribution in [-0.2, 0) is 13.0 Å². The highest BCUT2D eigenvalue weighted by Crippen LogP contribution is 2.20. The molecule has 102 valence electrons. The van der Waals surface area contributed by atoms with Crippen LogP contribution in [0.15, 0.2) is 30.3 Å². The molecule has 0 fully saturated rings. The van der Waals surface area contributed by atoms with E-state index in [1.807, 2.05) is 23.5 Å². The van der Waals surface area contributed by atoms with Crippen molar-refractivity contribution in [1.82, 2.24) is 5.32 Å². The van der Waals surface area contributed by atoms with Crippen molar-refractivity contribution in [2.24, 2.45) is 0 Å². The Balaban J connectivity index is 1.86. The number of halogens is 1. The van der Waals surface area contributed by atoms with E-state index in [0.717, 1.165) is 13.0 Å². The number of thiophene rings is 1. The molecule has 0 aliphatic heterocycles. The average molecular weight is 277 g/mol. The number of benzene rings is 1. The quantitative estimate of drug-likeness (QED) is 0.862. The Bertz CT molecular complexity index is 530. The molecule has 0 amide bonds. The fraction of sp³-hybridized carbons (Fsp3) is 0.375. The van der Waals surface area contributed by atoms with Gasteiger partial charge in [-0.2, -0.15) is 0 Å². The topological polar surface area (TPSA) is 12.0 Å². The van der Waals surface area contributed by atoms with E-state index in [9.17, 15) is 4.39 Å². The second-order valence-electron chi connectivity index (χ2n) is 5.05. The van der Waals surface area contributed by atoms with Crippen molar-refractivity contribution in [3.05, 3.63) is 57.0 Å². The zero-order valence-corrected chi connectivity index (χ0v) is 12.5. The molecule has 2 rings (SSSR count). The summed E-state index contributed by atoms with van der Waals surface area (Å²) in [6.07, 6.45) is 0.919. The van der Waals surface area contributed by atoms with E-state index in [1.165, 1.54) is 33.0 Å². The lowest BCUT2D eigenvalue weighted by Gasteiger charge is -2.13. The van der Waals surface area contributed by atoms with Gasteiger partial charge in [-0.25, -0.2) is 4.39 Å². The van der Waals surface area contributed by atoms with Crippen LogP contribution in [0, 0.1) is 19.7 Å². The molecule has 3 heteroatoms. The SMILES string of the molecule is Cc1cc(CNC(C)Cc2ccc(F)cc2)c(C)s1. The van der Waals surface area contributed by atoms with Crippen molar-refractivity contribution in [1.29, 1.82) is 0 Å². The van der Waals surface area contributed by atoms with Crippen LogP contribution in [0.25, 0.3) is 0 Å². The zero-order chi connectivity index (χ0) is 13.8. The van der Waals surface area contributed by atoms with Crippen LogP contribution in [0.4, 0.5) is 4.39 Å². The molecule has 0 saturated carbocycles. The first-order valence-corrected chi connectivity index (χ1v) is 7.40. The van der Waals surface area contributed by atoms with E-state index in [4.69, 9.17) is 0 Å². The van der Waals surface area contributed by atoms with Crippen molar-refractivity contribution in [2.45, 2.75) is 39.8 Å². The van der Waals surface area contributed by atoms with Gasteiger partial charge in [0.15, 0.2) is 0 Å². The molecule has 19 heavy (non-hydrogen) atoms. The molecule has 2 aromatic rings. The third-order valence-corrected chi connectivity index (χ3v) is 4.25. The zero-order valence-electron chi connectivity index (χ0n) is 11.7. The van der Waals surface area contributed by atoms with E-state index < -0.39 is 0 Å². The van der Waals surface area contributed by atoms with Gasteiger partial charge in [0.05, 0.1) is 0 Å². The highest BCUT2D eigenvalue weighted by Gasteiger charge is 2.06. The van der Waals surface area contributed by atoms with Crippen molar-refractivity contribution in [2.75, 3.05) is 0 Å². The molecular weight excluding hydrogens is 257 g/mol. The lowest BCUT2D eigenvalue weighted by molar-refractivity contribution is 0.544. The Morgan fingerprint density at radius 2 is 1.89 bits per heavy atom. The van der Waals surface area contributed by atoms with E-state index in [-0.39, 0.29) is 5.82 Å². The minimum absolute atomic E-state index is 0.172. The standard InChI is InChI=1S/C16H20FNS/c1-11(8-14-4-6-16(17)7-5-14)18-10-15-9-12(2)19-13(15)3/h4-7,9,11,18H,8,10H2,1-3H3. The average Bonchev–Trinajstić information content (AvgIpc) is 2.68. The van der Waals surface area contributed by atoms with Crippen LogP contribution in [0.1, 0.15) is 27.8 Å². The molecule has 0 spiro atoms. The molecule has 0 radical (unpaired) electrons. The number of aryl methyl sites for hydroxylation is 2. The number of hydrogen-bond acceptors (Lipinski definition) is 2. The third-order valence-electron chi connectivity index (χ3n) is 3.24. The van der Waals surface area contributed by atoms with Crippen molar-refractivity contribution < 1.29 is 4.39 Å². The number of rotatable bonds is 5. The predicted octanol–water partition coefficient (Wildman–Crippen LogP) is 4.22. The van der Waals surface area contributed by atoms with Gasteiger partial charge in [-0.3, -0.25) is 0 Å². The van der Waals surface area contributed by atoms with Crippen molar-refractivity contribution in [3.8, 4) is 0 Å². The largest absolute Gasteiger partial charge is 0.310 e. The molecule has 1 aromatic carbocycles. The van der Waals surface area contributed by atoms with Gasteiger partial charge in [0.1, 0.15) is 5.82 Å². The Kier molecular flexibility index (Phi) is 4.72. The minimum atomic E-state index is -0.172. The van der Waals surface area contributed by atoms with Crippen LogP contribution in [-0.4, -0.2) is 6.04 Å². The maximum absolute atomic E-state index is 12.8. The fourth-order valence-corrected chi connectivity index (χ4v) is 3.14. The highest BCUT2D eigenvalue weighted by atomic mass is 32.1. The lowest BCUT2D eigenvalue weighted by atomic mass is 10.1. The maximum atomic E-state index is 12.8. The second-order valence-corrected chi connectivity index (χ2v) is 6.51. The van der Waals surface area contributed by atoms with Crippen molar-refractivity contribution in [3.63, 3.8) is 0 Å². The molecule has 0 aliphatic carbocycles. The van der Waals surface area contributed by atoms with Crippen LogP contribution in [0.2, 0.25) is 0 Å². The minimum Gasteiger partial charge on any atom is -0.310 e. The van der Waals surface area contributed by atoms with Gasteiger partial charge < -0.3 is 5.32 Å². The normalized spacial score (nSPS) is 12.6. The van der Waals surface area contributed by atoms with Gasteiger partial charge >= 0.3 is 0 Å². The van der Waals surface area contributed by atoms with Gasteiger partial charge in [0, 0.05) is 22.3 Å². The first-order chi connectivity index (χ1) is 9.04. The molecule has 1 N–H and O–H groups in total. The summed E-state index contributed by atoms with van der Waals surface area (Å²) in [5.74, 6) is -0.172. The summed E-state index contributed by atoms with van der Waals surface area (Å²) in [4.78, 5) is 2.75. The summed E-state index contributed by atoms with van der Waals surface area (Å²) in [7, 11) is 0.